The molecule has 2 aromatic rings. The van der Waals surface area contributed by atoms with Crippen LogP contribution in [0.3, 0.4) is 0 Å². The second-order valence-corrected chi connectivity index (χ2v) is 6.68. The molecule has 1 aliphatic rings. The second kappa shape index (κ2) is 9.82. The average Bonchev–Trinajstić information content (AvgIpc) is 2.95. The molecule has 0 atom stereocenters. The zero-order chi connectivity index (χ0) is 19.1. The van der Waals surface area contributed by atoms with Crippen molar-refractivity contribution in [3.8, 4) is 6.01 Å². The number of fused-ring (bicyclic) bond motifs is 1. The number of aliphatic hydroxyl groups is 1. The number of morpholine rings is 1. The summed E-state index contributed by atoms with van der Waals surface area (Å²) in [6.45, 7) is 7.63. The lowest BCUT2D eigenvalue weighted by Crippen LogP contribution is -2.37. The molecule has 0 unspecified atom stereocenters. The Morgan fingerprint density at radius 3 is 2.74 bits per heavy atom. The molecule has 0 radical (unpaired) electrons. The van der Waals surface area contributed by atoms with E-state index in [1.807, 2.05) is 0 Å². The van der Waals surface area contributed by atoms with Gasteiger partial charge in [-0.2, -0.15) is 4.98 Å². The maximum atomic E-state index is 12.8. The van der Waals surface area contributed by atoms with E-state index >= 15 is 0 Å². The van der Waals surface area contributed by atoms with E-state index in [-0.39, 0.29) is 18.8 Å². The molecule has 1 saturated heterocycles. The molecule has 0 aromatic carbocycles. The van der Waals surface area contributed by atoms with Crippen LogP contribution in [0.5, 0.6) is 6.01 Å². The molecule has 0 bridgehead atoms. The summed E-state index contributed by atoms with van der Waals surface area (Å²) in [5, 5.41) is 9.30. The Morgan fingerprint density at radius 1 is 1.19 bits per heavy atom. The lowest BCUT2D eigenvalue weighted by atomic mass is 10.3. The molecule has 150 valence electrons. The van der Waals surface area contributed by atoms with Gasteiger partial charge in [-0.1, -0.05) is 13.3 Å². The SMILES string of the molecule is CCCCOc1ncc2c(n1)n(CCCN1CCOCC1)c(=O)n2CCO. The van der Waals surface area contributed by atoms with E-state index in [1.165, 1.54) is 4.57 Å². The molecule has 0 saturated carbocycles. The van der Waals surface area contributed by atoms with Crippen LogP contribution in [0.4, 0.5) is 0 Å². The van der Waals surface area contributed by atoms with Crippen LogP contribution < -0.4 is 10.4 Å². The largest absolute Gasteiger partial charge is 0.463 e. The van der Waals surface area contributed by atoms with E-state index in [4.69, 9.17) is 9.47 Å². The van der Waals surface area contributed by atoms with E-state index in [1.54, 1.807) is 10.8 Å². The Morgan fingerprint density at radius 2 is 2.00 bits per heavy atom. The monoisotopic (exact) mass is 379 g/mol. The number of ether oxygens (including phenoxy) is 2. The highest BCUT2D eigenvalue weighted by Gasteiger charge is 2.17. The number of rotatable bonds is 10. The minimum absolute atomic E-state index is 0.110. The smallest absolute Gasteiger partial charge is 0.330 e. The van der Waals surface area contributed by atoms with E-state index in [9.17, 15) is 9.90 Å². The zero-order valence-electron chi connectivity index (χ0n) is 16.0. The summed E-state index contributed by atoms with van der Waals surface area (Å²) < 4.78 is 14.2. The third-order valence-electron chi connectivity index (χ3n) is 4.75. The number of unbranched alkanes of at least 4 members (excludes halogenated alkanes) is 1. The van der Waals surface area contributed by atoms with Crippen molar-refractivity contribution in [2.24, 2.45) is 0 Å². The lowest BCUT2D eigenvalue weighted by Gasteiger charge is -2.26. The average molecular weight is 379 g/mol. The number of aryl methyl sites for hydroxylation is 1. The van der Waals surface area contributed by atoms with Gasteiger partial charge < -0.3 is 14.6 Å². The number of hydrogen-bond acceptors (Lipinski definition) is 7. The van der Waals surface area contributed by atoms with Gasteiger partial charge in [0.25, 0.3) is 0 Å². The first-order valence-electron chi connectivity index (χ1n) is 9.74. The van der Waals surface area contributed by atoms with Crippen LogP contribution >= 0.6 is 0 Å². The minimum atomic E-state index is -0.166. The first-order valence-corrected chi connectivity index (χ1v) is 9.74. The van der Waals surface area contributed by atoms with E-state index in [0.29, 0.717) is 30.3 Å². The van der Waals surface area contributed by atoms with Crippen LogP contribution in [0.1, 0.15) is 26.2 Å². The highest BCUT2D eigenvalue weighted by Crippen LogP contribution is 2.14. The van der Waals surface area contributed by atoms with Crippen molar-refractivity contribution in [3.05, 3.63) is 16.7 Å². The van der Waals surface area contributed by atoms with E-state index < -0.39 is 0 Å². The van der Waals surface area contributed by atoms with Gasteiger partial charge >= 0.3 is 11.7 Å². The summed E-state index contributed by atoms with van der Waals surface area (Å²) in [5.41, 5.74) is 1.03. The summed E-state index contributed by atoms with van der Waals surface area (Å²) in [6, 6.07) is 0.291. The third kappa shape index (κ3) is 4.85. The molecule has 0 spiro atoms. The molecule has 27 heavy (non-hydrogen) atoms. The molecule has 1 N–H and O–H groups in total. The van der Waals surface area contributed by atoms with Crippen molar-refractivity contribution in [2.75, 3.05) is 46.1 Å². The fourth-order valence-corrected chi connectivity index (χ4v) is 3.25. The number of aromatic nitrogens is 4. The summed E-state index contributed by atoms with van der Waals surface area (Å²) in [6.07, 6.45) is 4.41. The van der Waals surface area contributed by atoms with Crippen molar-refractivity contribution in [1.29, 1.82) is 0 Å². The fourth-order valence-electron chi connectivity index (χ4n) is 3.25. The van der Waals surface area contributed by atoms with Gasteiger partial charge in [0.1, 0.15) is 5.52 Å². The maximum absolute atomic E-state index is 12.8. The molecule has 3 heterocycles. The van der Waals surface area contributed by atoms with Gasteiger partial charge in [-0.15, -0.1) is 0 Å². The highest BCUT2D eigenvalue weighted by molar-refractivity contribution is 5.70. The highest BCUT2D eigenvalue weighted by atomic mass is 16.5. The van der Waals surface area contributed by atoms with Crippen LogP contribution in [0, 0.1) is 0 Å². The number of imidazole rings is 1. The third-order valence-corrected chi connectivity index (χ3v) is 4.75. The quantitative estimate of drug-likeness (QED) is 0.600. The first-order chi connectivity index (χ1) is 13.2. The van der Waals surface area contributed by atoms with Crippen molar-refractivity contribution in [3.63, 3.8) is 0 Å². The molecular formula is C18H29N5O4. The molecule has 2 aromatic heterocycles. The van der Waals surface area contributed by atoms with Crippen molar-refractivity contribution >= 4 is 11.2 Å². The summed E-state index contributed by atoms with van der Waals surface area (Å²) in [4.78, 5) is 23.8. The van der Waals surface area contributed by atoms with Gasteiger partial charge in [0, 0.05) is 26.2 Å². The summed E-state index contributed by atoms with van der Waals surface area (Å²) >= 11 is 0. The van der Waals surface area contributed by atoms with Gasteiger partial charge in [-0.05, 0) is 12.8 Å². The van der Waals surface area contributed by atoms with Crippen LogP contribution in [0.15, 0.2) is 11.0 Å². The molecule has 0 aliphatic carbocycles. The fraction of sp³-hybridized carbons (Fsp3) is 0.722. The molecule has 0 amide bonds. The van der Waals surface area contributed by atoms with Crippen molar-refractivity contribution in [1.82, 2.24) is 24.0 Å². The first kappa shape index (κ1) is 19.8. The van der Waals surface area contributed by atoms with E-state index in [2.05, 4.69) is 21.8 Å². The summed E-state index contributed by atoms with van der Waals surface area (Å²) in [7, 11) is 0. The minimum Gasteiger partial charge on any atom is -0.463 e. The molecule has 1 aliphatic heterocycles. The Kier molecular flexibility index (Phi) is 7.19. The topological polar surface area (TPSA) is 94.6 Å². The Labute approximate surface area is 158 Å². The predicted molar refractivity (Wildman–Crippen MR) is 101 cm³/mol. The van der Waals surface area contributed by atoms with Gasteiger partial charge in [-0.3, -0.25) is 14.0 Å². The molecule has 9 heteroatoms. The number of nitrogens with zero attached hydrogens (tertiary/aromatic N) is 5. The maximum Gasteiger partial charge on any atom is 0.330 e. The van der Waals surface area contributed by atoms with E-state index in [0.717, 1.165) is 52.1 Å². The predicted octanol–water partition coefficient (Wildman–Crippen LogP) is 0.487. The Hall–Kier alpha value is -1.97. The zero-order valence-corrected chi connectivity index (χ0v) is 16.0. The van der Waals surface area contributed by atoms with Crippen LogP contribution in [0.2, 0.25) is 0 Å². The van der Waals surface area contributed by atoms with Gasteiger partial charge in [0.2, 0.25) is 0 Å². The second-order valence-electron chi connectivity index (χ2n) is 6.68. The van der Waals surface area contributed by atoms with Crippen LogP contribution in [-0.4, -0.2) is 75.2 Å². The molecule has 3 rings (SSSR count). The Balaban J connectivity index is 1.78. The van der Waals surface area contributed by atoms with Crippen LogP contribution in [-0.2, 0) is 17.8 Å². The van der Waals surface area contributed by atoms with Crippen molar-refractivity contribution < 1.29 is 14.6 Å². The number of hydrogen-bond donors (Lipinski definition) is 1. The van der Waals surface area contributed by atoms with Gasteiger partial charge in [0.15, 0.2) is 5.65 Å². The molecular weight excluding hydrogens is 350 g/mol. The number of aliphatic hydroxyl groups excluding tert-OH is 1. The van der Waals surface area contributed by atoms with Gasteiger partial charge in [0.05, 0.1) is 39.2 Å². The molecule has 9 nitrogen and oxygen atoms in total. The molecule has 1 fully saturated rings. The van der Waals surface area contributed by atoms with Crippen LogP contribution in [0.25, 0.3) is 11.2 Å². The van der Waals surface area contributed by atoms with Gasteiger partial charge in [-0.25, -0.2) is 9.78 Å². The normalized spacial score (nSPS) is 15.5. The standard InChI is InChI=1S/C18H29N5O4/c1-2-3-11-27-17-19-14-15-16(20-17)23(18(25)22(15)7-10-24)6-4-5-21-8-12-26-13-9-21/h14,24H,2-13H2,1H3. The lowest BCUT2D eigenvalue weighted by molar-refractivity contribution is 0.0369. The van der Waals surface area contributed by atoms with Crippen molar-refractivity contribution in [2.45, 2.75) is 39.3 Å². The summed E-state index contributed by atoms with van der Waals surface area (Å²) in [5.74, 6) is 0. The Bertz CT molecular complexity index is 782.